The average Bonchev–Trinajstić information content (AvgIpc) is 2.76. The van der Waals surface area contributed by atoms with Crippen LogP contribution in [0.5, 0.6) is 0 Å². The summed E-state index contributed by atoms with van der Waals surface area (Å²) in [5.74, 6) is 2.43. The van der Waals surface area contributed by atoms with E-state index in [1.807, 2.05) is 12.1 Å². The highest BCUT2D eigenvalue weighted by Crippen LogP contribution is 2.43. The summed E-state index contributed by atoms with van der Waals surface area (Å²) in [6, 6.07) is 11.1. The van der Waals surface area contributed by atoms with Gasteiger partial charge in [-0.05, 0) is 31.0 Å². The van der Waals surface area contributed by atoms with E-state index in [0.29, 0.717) is 17.9 Å². The van der Waals surface area contributed by atoms with Crippen molar-refractivity contribution in [1.29, 1.82) is 0 Å². The number of fused-ring (bicyclic) bond motifs is 1. The minimum Gasteiger partial charge on any atom is -0.461 e. The van der Waals surface area contributed by atoms with E-state index in [9.17, 15) is 0 Å². The van der Waals surface area contributed by atoms with Crippen molar-refractivity contribution in [2.45, 2.75) is 32.2 Å². The maximum absolute atomic E-state index is 5.94. The predicted molar refractivity (Wildman–Crippen MR) is 70.2 cm³/mol. The van der Waals surface area contributed by atoms with E-state index in [4.69, 9.17) is 4.42 Å². The topological polar surface area (TPSA) is 25.2 Å². The third-order valence-corrected chi connectivity index (χ3v) is 4.05. The van der Waals surface area contributed by atoms with E-state index in [1.54, 1.807) is 0 Å². The van der Waals surface area contributed by atoms with Crippen LogP contribution in [0.1, 0.15) is 31.9 Å². The maximum atomic E-state index is 5.94. The molecular weight excluding hydrogens is 210 g/mol. The van der Waals surface area contributed by atoms with Gasteiger partial charge in [-0.1, -0.05) is 32.0 Å². The fraction of sp³-hybridized carbons (Fsp3) is 0.467. The van der Waals surface area contributed by atoms with Gasteiger partial charge in [0.15, 0.2) is 0 Å². The Hall–Kier alpha value is -1.28. The quantitative estimate of drug-likeness (QED) is 0.871. The zero-order valence-electron chi connectivity index (χ0n) is 10.4. The molecule has 1 fully saturated rings. The van der Waals surface area contributed by atoms with Crippen LogP contribution in [-0.2, 0) is 0 Å². The molecule has 1 aliphatic rings. The van der Waals surface area contributed by atoms with Gasteiger partial charge in [-0.2, -0.15) is 0 Å². The van der Waals surface area contributed by atoms with Crippen LogP contribution in [0.4, 0.5) is 0 Å². The van der Waals surface area contributed by atoms with Crippen LogP contribution < -0.4 is 5.32 Å². The van der Waals surface area contributed by atoms with Crippen LogP contribution in [-0.4, -0.2) is 12.6 Å². The molecule has 0 amide bonds. The molecule has 0 radical (unpaired) electrons. The van der Waals surface area contributed by atoms with E-state index >= 15 is 0 Å². The Bertz CT molecular complexity index is 483. The molecule has 2 aromatic rings. The standard InChI is InChI=1S/C15H19NO/c1-3-16-13-9-12(10(13)2)15-8-11-6-4-5-7-14(11)17-15/h4-8,10,12-13,16H,3,9H2,1-2H3. The number of rotatable bonds is 3. The van der Waals surface area contributed by atoms with Crippen LogP contribution in [0, 0.1) is 5.92 Å². The first-order valence-electron chi connectivity index (χ1n) is 6.51. The highest BCUT2D eigenvalue weighted by molar-refractivity contribution is 5.77. The second-order valence-corrected chi connectivity index (χ2v) is 5.05. The Kier molecular flexibility index (Phi) is 2.67. The van der Waals surface area contributed by atoms with Crippen LogP contribution in [0.25, 0.3) is 11.0 Å². The van der Waals surface area contributed by atoms with Gasteiger partial charge in [-0.15, -0.1) is 0 Å². The van der Waals surface area contributed by atoms with Crippen molar-refractivity contribution in [2.75, 3.05) is 6.54 Å². The Morgan fingerprint density at radius 1 is 1.35 bits per heavy atom. The predicted octanol–water partition coefficient (Wildman–Crippen LogP) is 3.53. The maximum Gasteiger partial charge on any atom is 0.134 e. The Balaban J connectivity index is 1.81. The van der Waals surface area contributed by atoms with Gasteiger partial charge in [0.2, 0.25) is 0 Å². The second-order valence-electron chi connectivity index (χ2n) is 5.05. The third-order valence-electron chi connectivity index (χ3n) is 4.05. The van der Waals surface area contributed by atoms with Gasteiger partial charge in [0.25, 0.3) is 0 Å². The van der Waals surface area contributed by atoms with Gasteiger partial charge in [-0.25, -0.2) is 0 Å². The van der Waals surface area contributed by atoms with Crippen molar-refractivity contribution in [3.8, 4) is 0 Å². The van der Waals surface area contributed by atoms with Crippen LogP contribution >= 0.6 is 0 Å². The molecule has 1 heterocycles. The summed E-state index contributed by atoms with van der Waals surface area (Å²) in [7, 11) is 0. The molecule has 1 aliphatic carbocycles. The monoisotopic (exact) mass is 229 g/mol. The lowest BCUT2D eigenvalue weighted by Gasteiger charge is -2.42. The molecule has 17 heavy (non-hydrogen) atoms. The number of nitrogens with one attached hydrogen (secondary N) is 1. The third kappa shape index (κ3) is 1.77. The zero-order valence-corrected chi connectivity index (χ0v) is 10.4. The van der Waals surface area contributed by atoms with Crippen LogP contribution in [0.3, 0.4) is 0 Å². The molecule has 2 heteroatoms. The second kappa shape index (κ2) is 4.19. The average molecular weight is 229 g/mol. The highest BCUT2D eigenvalue weighted by atomic mass is 16.3. The van der Waals surface area contributed by atoms with Crippen molar-refractivity contribution in [3.63, 3.8) is 0 Å². The van der Waals surface area contributed by atoms with E-state index in [0.717, 1.165) is 17.9 Å². The molecule has 0 spiro atoms. The van der Waals surface area contributed by atoms with Gasteiger partial charge < -0.3 is 9.73 Å². The number of benzene rings is 1. The summed E-state index contributed by atoms with van der Waals surface area (Å²) in [5.41, 5.74) is 1.02. The lowest BCUT2D eigenvalue weighted by Crippen LogP contribution is -2.47. The molecule has 3 atom stereocenters. The molecule has 3 unspecified atom stereocenters. The molecule has 1 saturated carbocycles. The first kappa shape index (κ1) is 10.8. The Labute approximate surface area is 102 Å². The van der Waals surface area contributed by atoms with E-state index in [-0.39, 0.29) is 0 Å². The van der Waals surface area contributed by atoms with Gasteiger partial charge in [-0.3, -0.25) is 0 Å². The number of hydrogen-bond acceptors (Lipinski definition) is 2. The zero-order chi connectivity index (χ0) is 11.8. The Morgan fingerprint density at radius 2 is 2.18 bits per heavy atom. The summed E-state index contributed by atoms with van der Waals surface area (Å²) in [4.78, 5) is 0. The smallest absolute Gasteiger partial charge is 0.134 e. The van der Waals surface area contributed by atoms with E-state index in [1.165, 1.54) is 11.8 Å². The molecule has 90 valence electrons. The van der Waals surface area contributed by atoms with Crippen molar-refractivity contribution in [1.82, 2.24) is 5.32 Å². The van der Waals surface area contributed by atoms with Crippen molar-refractivity contribution in [2.24, 2.45) is 5.92 Å². The van der Waals surface area contributed by atoms with Gasteiger partial charge in [0, 0.05) is 17.3 Å². The Morgan fingerprint density at radius 3 is 2.88 bits per heavy atom. The summed E-state index contributed by atoms with van der Waals surface area (Å²) in [6.07, 6.45) is 1.20. The van der Waals surface area contributed by atoms with Crippen LogP contribution in [0.2, 0.25) is 0 Å². The normalized spacial score (nSPS) is 28.2. The highest BCUT2D eigenvalue weighted by Gasteiger charge is 2.39. The molecular formula is C15H19NO. The molecule has 1 aromatic heterocycles. The summed E-state index contributed by atoms with van der Waals surface area (Å²) >= 11 is 0. The van der Waals surface area contributed by atoms with Gasteiger partial charge in [0.05, 0.1) is 0 Å². The number of para-hydroxylation sites is 1. The fourth-order valence-electron chi connectivity index (χ4n) is 2.88. The number of hydrogen-bond donors (Lipinski definition) is 1. The van der Waals surface area contributed by atoms with Crippen LogP contribution in [0.15, 0.2) is 34.7 Å². The lowest BCUT2D eigenvalue weighted by atomic mass is 9.69. The molecule has 0 saturated heterocycles. The first-order chi connectivity index (χ1) is 8.29. The molecule has 3 rings (SSSR count). The molecule has 2 nitrogen and oxygen atoms in total. The first-order valence-corrected chi connectivity index (χ1v) is 6.51. The minimum absolute atomic E-state index is 0.589. The fourth-order valence-corrected chi connectivity index (χ4v) is 2.88. The van der Waals surface area contributed by atoms with Crippen molar-refractivity contribution >= 4 is 11.0 Å². The summed E-state index contributed by atoms with van der Waals surface area (Å²) in [5, 5.41) is 4.75. The summed E-state index contributed by atoms with van der Waals surface area (Å²) < 4.78 is 5.94. The largest absolute Gasteiger partial charge is 0.461 e. The molecule has 1 aromatic carbocycles. The minimum atomic E-state index is 0.589. The van der Waals surface area contributed by atoms with Crippen molar-refractivity contribution in [3.05, 3.63) is 36.1 Å². The van der Waals surface area contributed by atoms with E-state index < -0.39 is 0 Å². The molecule has 0 aliphatic heterocycles. The lowest BCUT2D eigenvalue weighted by molar-refractivity contribution is 0.167. The number of furan rings is 1. The summed E-state index contributed by atoms with van der Waals surface area (Å²) in [6.45, 7) is 5.54. The SMILES string of the molecule is CCNC1CC(c2cc3ccccc3o2)C1C. The molecule has 1 N–H and O–H groups in total. The van der Waals surface area contributed by atoms with E-state index in [2.05, 4.69) is 37.4 Å². The van der Waals surface area contributed by atoms with Gasteiger partial charge in [0.1, 0.15) is 11.3 Å². The molecule has 0 bridgehead atoms. The van der Waals surface area contributed by atoms with Crippen molar-refractivity contribution < 1.29 is 4.42 Å². The van der Waals surface area contributed by atoms with Gasteiger partial charge >= 0.3 is 0 Å².